The molecule has 4 aromatic rings. The van der Waals surface area contributed by atoms with Crippen molar-refractivity contribution in [2.24, 2.45) is 0 Å². The first kappa shape index (κ1) is 26.9. The molecule has 9 nitrogen and oxygen atoms in total. The van der Waals surface area contributed by atoms with Gasteiger partial charge in [0.2, 0.25) is 0 Å². The summed E-state index contributed by atoms with van der Waals surface area (Å²) in [7, 11) is 0. The van der Waals surface area contributed by atoms with Crippen LogP contribution in [0.5, 0.6) is 0 Å². The van der Waals surface area contributed by atoms with E-state index in [2.05, 4.69) is 34.5 Å². The summed E-state index contributed by atoms with van der Waals surface area (Å²) in [4.78, 5) is 34.3. The van der Waals surface area contributed by atoms with Crippen LogP contribution in [0.3, 0.4) is 0 Å². The SMILES string of the molecule is C[C@H](NC(=O)OCC1c2ccccc2-c2ccccc21)c1nc2cccc(Cl)c2c(=O)n1N1CCN(C2COC2)CC1. The summed E-state index contributed by atoms with van der Waals surface area (Å²) < 4.78 is 12.8. The zero-order valence-electron chi connectivity index (χ0n) is 23.3. The number of aromatic nitrogens is 2. The Morgan fingerprint density at radius 3 is 2.31 bits per heavy atom. The van der Waals surface area contributed by atoms with E-state index in [-0.39, 0.29) is 18.1 Å². The molecule has 1 atom stereocenters. The summed E-state index contributed by atoms with van der Waals surface area (Å²) in [5, 5.41) is 5.65. The van der Waals surface area contributed by atoms with Gasteiger partial charge in [-0.15, -0.1) is 0 Å². The highest BCUT2D eigenvalue weighted by Crippen LogP contribution is 2.44. The van der Waals surface area contributed by atoms with E-state index in [4.69, 9.17) is 26.1 Å². The van der Waals surface area contributed by atoms with Gasteiger partial charge in [0.05, 0.1) is 41.2 Å². The van der Waals surface area contributed by atoms with Gasteiger partial charge < -0.3 is 19.8 Å². The standard InChI is InChI=1S/C32H32ClN5O4/c1-20(34-32(40)42-19-26-24-9-4-2-7-22(24)23-8-3-5-10-25(23)26)30-35-28-12-6-11-27(33)29(28)31(39)38(30)37-15-13-36(14-16-37)21-17-41-18-21/h2-12,20-21,26H,13-19H2,1H3,(H,34,40)/t20-/m0/s1. The molecule has 0 unspecified atom stereocenters. The van der Waals surface area contributed by atoms with Gasteiger partial charge in [0.25, 0.3) is 5.56 Å². The highest BCUT2D eigenvalue weighted by atomic mass is 35.5. The molecule has 0 bridgehead atoms. The number of nitrogens with one attached hydrogen (secondary N) is 1. The summed E-state index contributed by atoms with van der Waals surface area (Å²) in [6.07, 6.45) is -0.564. The molecule has 1 aliphatic carbocycles. The minimum atomic E-state index is -0.602. The second kappa shape index (κ2) is 11.1. The number of ether oxygens (including phenoxy) is 2. The predicted molar refractivity (Wildman–Crippen MR) is 162 cm³/mol. The van der Waals surface area contributed by atoms with Crippen LogP contribution in [0.15, 0.2) is 71.5 Å². The van der Waals surface area contributed by atoms with Crippen molar-refractivity contribution in [1.82, 2.24) is 19.9 Å². The Hall–Kier alpha value is -3.92. The molecule has 2 fully saturated rings. The molecule has 0 saturated carbocycles. The zero-order chi connectivity index (χ0) is 28.8. The van der Waals surface area contributed by atoms with Gasteiger partial charge in [-0.2, -0.15) is 0 Å². The van der Waals surface area contributed by atoms with Crippen molar-refractivity contribution in [3.8, 4) is 11.1 Å². The van der Waals surface area contributed by atoms with Gasteiger partial charge in [-0.1, -0.05) is 66.2 Å². The lowest BCUT2D eigenvalue weighted by molar-refractivity contribution is -0.0672. The van der Waals surface area contributed by atoms with Crippen molar-refractivity contribution in [3.05, 3.63) is 99.1 Å². The lowest BCUT2D eigenvalue weighted by atomic mass is 9.98. The number of amides is 1. The average molecular weight is 586 g/mol. The maximum Gasteiger partial charge on any atom is 0.407 e. The molecule has 1 amide bonds. The maximum atomic E-state index is 13.9. The van der Waals surface area contributed by atoms with Gasteiger partial charge in [-0.25, -0.2) is 14.5 Å². The van der Waals surface area contributed by atoms with Gasteiger partial charge in [0, 0.05) is 32.1 Å². The average Bonchev–Trinajstić information content (AvgIpc) is 3.29. The zero-order valence-corrected chi connectivity index (χ0v) is 24.1. The Bertz CT molecular complexity index is 1670. The van der Waals surface area contributed by atoms with E-state index in [1.165, 1.54) is 11.1 Å². The van der Waals surface area contributed by atoms with Crippen molar-refractivity contribution in [2.75, 3.05) is 51.0 Å². The van der Waals surface area contributed by atoms with E-state index in [1.54, 1.807) is 22.9 Å². The van der Waals surface area contributed by atoms with Gasteiger partial charge in [-0.05, 0) is 41.3 Å². The van der Waals surface area contributed by atoms with Gasteiger partial charge in [0.1, 0.15) is 6.61 Å². The highest BCUT2D eigenvalue weighted by molar-refractivity contribution is 6.35. The van der Waals surface area contributed by atoms with Crippen LogP contribution in [0.25, 0.3) is 22.0 Å². The van der Waals surface area contributed by atoms with Crippen molar-refractivity contribution in [1.29, 1.82) is 0 Å². The Morgan fingerprint density at radius 2 is 1.67 bits per heavy atom. The van der Waals surface area contributed by atoms with Crippen LogP contribution in [0.1, 0.15) is 35.8 Å². The topological polar surface area (TPSA) is 88.9 Å². The molecule has 2 aliphatic heterocycles. The fourth-order valence-corrected chi connectivity index (χ4v) is 6.59. The lowest BCUT2D eigenvalue weighted by Crippen LogP contribution is -2.60. The molecule has 216 valence electrons. The molecule has 10 heteroatoms. The fraction of sp³-hybridized carbons (Fsp3) is 0.344. The van der Waals surface area contributed by atoms with Crippen molar-refractivity contribution in [3.63, 3.8) is 0 Å². The van der Waals surface area contributed by atoms with E-state index in [0.29, 0.717) is 40.9 Å². The summed E-state index contributed by atoms with van der Waals surface area (Å²) in [5.74, 6) is 0.388. The number of nitrogens with zero attached hydrogens (tertiary/aromatic N) is 4. The quantitative estimate of drug-likeness (QED) is 0.361. The third-order valence-corrected chi connectivity index (χ3v) is 8.94. The number of hydrogen-bond donors (Lipinski definition) is 1. The normalized spacial score (nSPS) is 17.9. The first-order valence-corrected chi connectivity index (χ1v) is 14.8. The van der Waals surface area contributed by atoms with Crippen LogP contribution in [0, 0.1) is 0 Å². The Morgan fingerprint density at radius 1 is 1.00 bits per heavy atom. The number of benzene rings is 3. The van der Waals surface area contributed by atoms with Gasteiger partial charge in [0.15, 0.2) is 5.82 Å². The molecule has 0 radical (unpaired) electrons. The molecule has 0 spiro atoms. The summed E-state index contributed by atoms with van der Waals surface area (Å²) in [5.41, 5.74) is 4.88. The number of hydrogen-bond acceptors (Lipinski definition) is 7. The molecule has 2 saturated heterocycles. The van der Waals surface area contributed by atoms with Crippen molar-refractivity contribution in [2.45, 2.75) is 24.9 Å². The second-order valence-corrected chi connectivity index (χ2v) is 11.5. The van der Waals surface area contributed by atoms with Crippen molar-refractivity contribution >= 4 is 28.6 Å². The molecule has 1 aromatic heterocycles. The minimum Gasteiger partial charge on any atom is -0.449 e. The summed E-state index contributed by atoms with van der Waals surface area (Å²) in [6, 6.07) is 21.5. The van der Waals surface area contributed by atoms with Gasteiger partial charge >= 0.3 is 6.09 Å². The maximum absolute atomic E-state index is 13.9. The van der Waals surface area contributed by atoms with Crippen LogP contribution in [-0.4, -0.2) is 72.7 Å². The molecular formula is C32H32ClN5O4. The molecule has 7 rings (SSSR count). The Labute approximate surface area is 248 Å². The van der Waals surface area contributed by atoms with Crippen LogP contribution in [0.2, 0.25) is 5.02 Å². The van der Waals surface area contributed by atoms with Crippen LogP contribution in [0.4, 0.5) is 4.79 Å². The fourth-order valence-electron chi connectivity index (χ4n) is 6.34. The monoisotopic (exact) mass is 585 g/mol. The summed E-state index contributed by atoms with van der Waals surface area (Å²) in [6.45, 7) is 6.39. The molecule has 1 N–H and O–H groups in total. The van der Waals surface area contributed by atoms with E-state index in [1.807, 2.05) is 36.2 Å². The van der Waals surface area contributed by atoms with E-state index >= 15 is 0 Å². The van der Waals surface area contributed by atoms with E-state index in [0.717, 1.165) is 37.4 Å². The number of piperazine rings is 1. The number of carbonyl (C=O) groups excluding carboxylic acids is 1. The molecule has 3 heterocycles. The third-order valence-electron chi connectivity index (χ3n) is 8.63. The number of rotatable bonds is 6. The number of carbonyl (C=O) groups is 1. The molecule has 3 aromatic carbocycles. The molecule has 42 heavy (non-hydrogen) atoms. The number of halogens is 1. The third kappa shape index (κ3) is 4.71. The van der Waals surface area contributed by atoms with E-state index < -0.39 is 12.1 Å². The second-order valence-electron chi connectivity index (χ2n) is 11.1. The van der Waals surface area contributed by atoms with Crippen molar-refractivity contribution < 1.29 is 14.3 Å². The first-order chi connectivity index (χ1) is 20.5. The van der Waals surface area contributed by atoms with Crippen LogP contribution in [-0.2, 0) is 9.47 Å². The van der Waals surface area contributed by atoms with Crippen LogP contribution >= 0.6 is 11.6 Å². The van der Waals surface area contributed by atoms with E-state index in [9.17, 15) is 9.59 Å². The Kier molecular flexibility index (Phi) is 7.09. The molecular weight excluding hydrogens is 554 g/mol. The largest absolute Gasteiger partial charge is 0.449 e. The summed E-state index contributed by atoms with van der Waals surface area (Å²) >= 11 is 6.47. The lowest BCUT2D eigenvalue weighted by Gasteiger charge is -2.43. The number of fused-ring (bicyclic) bond motifs is 4. The van der Waals surface area contributed by atoms with Crippen LogP contribution < -0.4 is 15.9 Å². The Balaban J connectivity index is 1.12. The highest BCUT2D eigenvalue weighted by Gasteiger charge is 2.32. The molecule has 3 aliphatic rings. The van der Waals surface area contributed by atoms with Gasteiger partial charge in [-0.3, -0.25) is 9.69 Å². The first-order valence-electron chi connectivity index (χ1n) is 14.4. The minimum absolute atomic E-state index is 0.0464. The predicted octanol–water partition coefficient (Wildman–Crippen LogP) is 4.30. The smallest absolute Gasteiger partial charge is 0.407 e. The number of alkyl carbamates (subject to hydrolysis) is 1.